The fourth-order valence-electron chi connectivity index (χ4n) is 3.78. The number of anilines is 1. The minimum atomic E-state index is -0.537. The first kappa shape index (κ1) is 21.8. The van der Waals surface area contributed by atoms with Crippen LogP contribution in [0.4, 0.5) is 5.69 Å². The second-order valence-electron chi connectivity index (χ2n) is 7.96. The number of nitrogens with zero attached hydrogens (tertiary/aromatic N) is 2. The number of carbonyl (C=O) groups excluding carboxylic acids is 1. The van der Waals surface area contributed by atoms with Gasteiger partial charge in [-0.25, -0.2) is 4.79 Å². The highest BCUT2D eigenvalue weighted by atomic mass is 16.5. The molecule has 2 rings (SSSR count). The fourth-order valence-corrected chi connectivity index (χ4v) is 3.78. The number of hydrogen-bond acceptors (Lipinski definition) is 4. The predicted octanol–water partition coefficient (Wildman–Crippen LogP) is 5.51. The topological polar surface area (TPSA) is 53.3 Å². The molecule has 4 heteroatoms. The fraction of sp³-hybridized carbons (Fsp3) is 0.500. The van der Waals surface area contributed by atoms with Crippen molar-refractivity contribution in [3.05, 3.63) is 53.3 Å². The summed E-state index contributed by atoms with van der Waals surface area (Å²) in [5.41, 5.74) is 3.27. The molecule has 1 atom stereocenters. The molecule has 1 heterocycles. The summed E-state index contributed by atoms with van der Waals surface area (Å²) < 4.78 is 5.43. The third-order valence-corrected chi connectivity index (χ3v) is 5.68. The zero-order chi connectivity index (χ0) is 20.7. The average Bonchev–Trinajstić information content (AvgIpc) is 2.89. The molecule has 0 N–H and O–H groups in total. The van der Waals surface area contributed by atoms with E-state index >= 15 is 0 Å². The molecule has 1 aliphatic heterocycles. The minimum absolute atomic E-state index is 0.0398. The number of nitriles is 1. The quantitative estimate of drug-likeness (QED) is 0.339. The molecule has 0 radical (unpaired) electrons. The van der Waals surface area contributed by atoms with Gasteiger partial charge in [0.1, 0.15) is 11.6 Å². The Morgan fingerprint density at radius 2 is 2.04 bits per heavy atom. The first-order valence-electron chi connectivity index (χ1n) is 10.2. The van der Waals surface area contributed by atoms with E-state index in [1.54, 1.807) is 6.08 Å². The molecule has 1 aromatic rings. The van der Waals surface area contributed by atoms with Gasteiger partial charge < -0.3 is 9.64 Å². The largest absolute Gasteiger partial charge is 0.461 e. The first-order chi connectivity index (χ1) is 13.4. The highest BCUT2D eigenvalue weighted by Gasteiger charge is 2.37. The van der Waals surface area contributed by atoms with E-state index in [1.165, 1.54) is 5.56 Å². The van der Waals surface area contributed by atoms with E-state index in [4.69, 9.17) is 4.74 Å². The Labute approximate surface area is 169 Å². The number of likely N-dealkylation sites (N-methyl/N-ethyl adjacent to an activating group) is 1. The zero-order valence-corrected chi connectivity index (χ0v) is 17.8. The molecule has 0 fully saturated rings. The first-order valence-corrected chi connectivity index (χ1v) is 10.2. The summed E-state index contributed by atoms with van der Waals surface area (Å²) in [5, 5.41) is 9.44. The van der Waals surface area contributed by atoms with Crippen molar-refractivity contribution in [2.75, 3.05) is 18.6 Å². The van der Waals surface area contributed by atoms with Crippen LogP contribution in [0.2, 0.25) is 0 Å². The maximum Gasteiger partial charge on any atom is 0.348 e. The molecular weight excluding hydrogens is 348 g/mol. The van der Waals surface area contributed by atoms with Crippen molar-refractivity contribution >= 4 is 11.7 Å². The number of unbranched alkanes of at least 4 members (excludes halogenated alkanes) is 1. The smallest absolute Gasteiger partial charge is 0.348 e. The van der Waals surface area contributed by atoms with Gasteiger partial charge in [-0.05, 0) is 36.1 Å². The van der Waals surface area contributed by atoms with Gasteiger partial charge in [0.25, 0.3) is 0 Å². The Morgan fingerprint density at radius 1 is 1.32 bits per heavy atom. The van der Waals surface area contributed by atoms with Crippen LogP contribution >= 0.6 is 0 Å². The van der Waals surface area contributed by atoms with Gasteiger partial charge in [-0.3, -0.25) is 0 Å². The maximum absolute atomic E-state index is 12.4. The van der Waals surface area contributed by atoms with E-state index < -0.39 is 5.97 Å². The third kappa shape index (κ3) is 4.65. The molecule has 0 aliphatic carbocycles. The number of rotatable bonds is 8. The highest BCUT2D eigenvalue weighted by Crippen LogP contribution is 2.46. The average molecular weight is 381 g/mol. The number of esters is 1. The van der Waals surface area contributed by atoms with Crippen molar-refractivity contribution in [1.29, 1.82) is 5.26 Å². The molecule has 28 heavy (non-hydrogen) atoms. The normalized spacial score (nSPS) is 17.9. The van der Waals surface area contributed by atoms with Gasteiger partial charge >= 0.3 is 5.97 Å². The molecule has 0 aromatic heterocycles. The van der Waals surface area contributed by atoms with Crippen molar-refractivity contribution in [3.8, 4) is 6.07 Å². The van der Waals surface area contributed by atoms with Gasteiger partial charge in [-0.15, -0.1) is 0 Å². The van der Waals surface area contributed by atoms with Gasteiger partial charge in [0.2, 0.25) is 0 Å². The molecule has 1 aromatic carbocycles. The summed E-state index contributed by atoms with van der Waals surface area (Å²) in [7, 11) is 2.01. The lowest BCUT2D eigenvalue weighted by molar-refractivity contribution is -0.140. The van der Waals surface area contributed by atoms with E-state index in [9.17, 15) is 10.1 Å². The molecule has 4 nitrogen and oxygen atoms in total. The monoisotopic (exact) mass is 380 g/mol. The van der Waals surface area contributed by atoms with Crippen LogP contribution in [0.5, 0.6) is 0 Å². The summed E-state index contributed by atoms with van der Waals surface area (Å²) in [6, 6.07) is 10.3. The molecule has 0 amide bonds. The van der Waals surface area contributed by atoms with Crippen LogP contribution in [0.3, 0.4) is 0 Å². The molecule has 1 aliphatic rings. The Kier molecular flexibility index (Phi) is 7.45. The molecule has 0 spiro atoms. The van der Waals surface area contributed by atoms with Gasteiger partial charge in [0, 0.05) is 23.8 Å². The molecular formula is C24H32N2O2. The van der Waals surface area contributed by atoms with Crippen molar-refractivity contribution in [2.24, 2.45) is 5.92 Å². The lowest BCUT2D eigenvalue weighted by Crippen LogP contribution is -2.22. The lowest BCUT2D eigenvalue weighted by atomic mass is 9.83. The maximum atomic E-state index is 12.4. The van der Waals surface area contributed by atoms with E-state index in [2.05, 4.69) is 44.7 Å². The summed E-state index contributed by atoms with van der Waals surface area (Å²) in [5.74, 6) is -0.179. The summed E-state index contributed by atoms with van der Waals surface area (Å²) >= 11 is 0. The SMILES string of the molecule is CCCCC(CC)COC(=O)/C(C#N)=C/C=C1\N(C)c2ccccc2C1(C)C. The van der Waals surface area contributed by atoms with E-state index in [0.717, 1.165) is 37.1 Å². The van der Waals surface area contributed by atoms with Crippen LogP contribution < -0.4 is 4.90 Å². The van der Waals surface area contributed by atoms with Crippen LogP contribution in [0.1, 0.15) is 58.9 Å². The van der Waals surface area contributed by atoms with E-state index in [-0.39, 0.29) is 11.0 Å². The van der Waals surface area contributed by atoms with Gasteiger partial charge in [-0.2, -0.15) is 5.26 Å². The number of allylic oxidation sites excluding steroid dienone is 3. The van der Waals surface area contributed by atoms with Crippen LogP contribution in [-0.4, -0.2) is 19.6 Å². The second-order valence-corrected chi connectivity index (χ2v) is 7.96. The zero-order valence-electron chi connectivity index (χ0n) is 17.8. The van der Waals surface area contributed by atoms with Crippen molar-refractivity contribution in [1.82, 2.24) is 0 Å². The number of para-hydroxylation sites is 1. The Hall–Kier alpha value is -2.54. The van der Waals surface area contributed by atoms with Gasteiger partial charge in [0.05, 0.1) is 6.61 Å². The van der Waals surface area contributed by atoms with Gasteiger partial charge in [-0.1, -0.05) is 65.2 Å². The lowest BCUT2D eigenvalue weighted by Gasteiger charge is -2.23. The van der Waals surface area contributed by atoms with Crippen LogP contribution in [-0.2, 0) is 14.9 Å². The molecule has 0 bridgehead atoms. The van der Waals surface area contributed by atoms with Crippen LogP contribution in [0.15, 0.2) is 47.7 Å². The standard InChI is InChI=1S/C24H32N2O2/c1-6-8-11-18(7-2)17-28-23(27)19(16-25)14-15-22-24(3,4)20-12-9-10-13-21(20)26(22)5/h9-10,12-15,18H,6-8,11,17H2,1-5H3/b19-14+,22-15-. The minimum Gasteiger partial charge on any atom is -0.461 e. The molecule has 0 saturated heterocycles. The summed E-state index contributed by atoms with van der Waals surface area (Å²) in [6.45, 7) is 8.94. The van der Waals surface area contributed by atoms with Crippen molar-refractivity contribution < 1.29 is 9.53 Å². The molecule has 150 valence electrons. The second kappa shape index (κ2) is 9.59. The van der Waals surface area contributed by atoms with Crippen molar-refractivity contribution in [3.63, 3.8) is 0 Å². The number of benzene rings is 1. The summed E-state index contributed by atoms with van der Waals surface area (Å²) in [6.07, 6.45) is 7.74. The summed E-state index contributed by atoms with van der Waals surface area (Å²) in [4.78, 5) is 14.5. The number of fused-ring (bicyclic) bond motifs is 1. The predicted molar refractivity (Wildman–Crippen MR) is 114 cm³/mol. The van der Waals surface area contributed by atoms with E-state index in [0.29, 0.717) is 12.5 Å². The van der Waals surface area contributed by atoms with Crippen LogP contribution in [0.25, 0.3) is 0 Å². The van der Waals surface area contributed by atoms with Crippen LogP contribution in [0, 0.1) is 17.2 Å². The van der Waals surface area contributed by atoms with Gasteiger partial charge in [0.15, 0.2) is 0 Å². The number of hydrogen-bond donors (Lipinski definition) is 0. The molecule has 0 saturated carbocycles. The Balaban J connectivity index is 2.14. The third-order valence-electron chi connectivity index (χ3n) is 5.68. The molecule has 1 unspecified atom stereocenters. The number of carbonyl (C=O) groups is 1. The Bertz CT molecular complexity index is 799. The van der Waals surface area contributed by atoms with E-state index in [1.807, 2.05) is 31.3 Å². The highest BCUT2D eigenvalue weighted by molar-refractivity contribution is 5.93. The Morgan fingerprint density at radius 3 is 2.64 bits per heavy atom. The van der Waals surface area contributed by atoms with Crippen molar-refractivity contribution in [2.45, 2.75) is 58.8 Å². The number of ether oxygens (including phenoxy) is 1.